The zero-order valence-corrected chi connectivity index (χ0v) is 11.5. The third kappa shape index (κ3) is 3.96. The average Bonchev–Trinajstić information content (AvgIpc) is 2.48. The first-order valence-electron chi connectivity index (χ1n) is 6.15. The molecule has 0 bridgehead atoms. The quantitative estimate of drug-likeness (QED) is 0.888. The summed E-state index contributed by atoms with van der Waals surface area (Å²) in [7, 11) is 0. The first-order chi connectivity index (χ1) is 9.66. The summed E-state index contributed by atoms with van der Waals surface area (Å²) in [6.07, 6.45) is 0. The predicted octanol–water partition coefficient (Wildman–Crippen LogP) is 3.21. The van der Waals surface area contributed by atoms with Gasteiger partial charge in [0.25, 0.3) is 0 Å². The molecular formula is C15H14ClFN2O. The zero-order valence-electron chi connectivity index (χ0n) is 10.7. The van der Waals surface area contributed by atoms with Crippen LogP contribution < -0.4 is 10.6 Å². The molecule has 0 radical (unpaired) electrons. The monoisotopic (exact) mass is 292 g/mol. The van der Waals surface area contributed by atoms with Crippen LogP contribution >= 0.6 is 11.6 Å². The number of hydrogen-bond donors (Lipinski definition) is 2. The number of halogens is 2. The SMILES string of the molecule is O=C(CNc1cccc(Cl)c1F)NCc1ccccc1. The number of hydrogen-bond acceptors (Lipinski definition) is 2. The Kier molecular flexibility index (Phi) is 4.96. The van der Waals surface area contributed by atoms with E-state index in [9.17, 15) is 9.18 Å². The molecular weight excluding hydrogens is 279 g/mol. The summed E-state index contributed by atoms with van der Waals surface area (Å²) >= 11 is 5.65. The van der Waals surface area contributed by atoms with Crippen molar-refractivity contribution >= 4 is 23.2 Å². The molecule has 3 nitrogen and oxygen atoms in total. The zero-order chi connectivity index (χ0) is 14.4. The molecule has 1 amide bonds. The van der Waals surface area contributed by atoms with Gasteiger partial charge in [-0.2, -0.15) is 0 Å². The van der Waals surface area contributed by atoms with Crippen molar-refractivity contribution in [1.29, 1.82) is 0 Å². The fraction of sp³-hybridized carbons (Fsp3) is 0.133. The second-order valence-corrected chi connectivity index (χ2v) is 4.62. The van der Waals surface area contributed by atoms with E-state index in [1.54, 1.807) is 6.07 Å². The molecule has 0 saturated carbocycles. The molecule has 2 rings (SSSR count). The van der Waals surface area contributed by atoms with E-state index >= 15 is 0 Å². The number of carbonyl (C=O) groups is 1. The molecule has 20 heavy (non-hydrogen) atoms. The molecule has 5 heteroatoms. The second kappa shape index (κ2) is 6.91. The Morgan fingerprint density at radius 3 is 2.60 bits per heavy atom. The van der Waals surface area contributed by atoms with E-state index in [1.807, 2.05) is 30.3 Å². The molecule has 0 atom stereocenters. The highest BCUT2D eigenvalue weighted by Gasteiger charge is 2.07. The van der Waals surface area contributed by atoms with Gasteiger partial charge in [-0.05, 0) is 17.7 Å². The van der Waals surface area contributed by atoms with Gasteiger partial charge in [0.1, 0.15) is 0 Å². The maximum Gasteiger partial charge on any atom is 0.239 e. The number of rotatable bonds is 5. The predicted molar refractivity (Wildman–Crippen MR) is 78.2 cm³/mol. The topological polar surface area (TPSA) is 41.1 Å². The Hall–Kier alpha value is -2.07. The Balaban J connectivity index is 1.82. The fourth-order valence-corrected chi connectivity index (χ4v) is 1.85. The highest BCUT2D eigenvalue weighted by atomic mass is 35.5. The Labute approximate surface area is 121 Å². The highest BCUT2D eigenvalue weighted by Crippen LogP contribution is 2.21. The third-order valence-corrected chi connectivity index (χ3v) is 3.02. The molecule has 2 N–H and O–H groups in total. The largest absolute Gasteiger partial charge is 0.374 e. The van der Waals surface area contributed by atoms with Crippen LogP contribution in [0.3, 0.4) is 0 Å². The lowest BCUT2D eigenvalue weighted by Gasteiger charge is -2.09. The number of anilines is 1. The van der Waals surface area contributed by atoms with Crippen molar-refractivity contribution in [2.24, 2.45) is 0 Å². The van der Waals surface area contributed by atoms with Crippen LogP contribution in [0.15, 0.2) is 48.5 Å². The van der Waals surface area contributed by atoms with Gasteiger partial charge in [0.15, 0.2) is 5.82 Å². The normalized spacial score (nSPS) is 10.1. The summed E-state index contributed by atoms with van der Waals surface area (Å²) in [6, 6.07) is 14.2. The van der Waals surface area contributed by atoms with Gasteiger partial charge in [0.05, 0.1) is 17.3 Å². The van der Waals surface area contributed by atoms with E-state index in [0.29, 0.717) is 6.54 Å². The van der Waals surface area contributed by atoms with Crippen molar-refractivity contribution < 1.29 is 9.18 Å². The first-order valence-corrected chi connectivity index (χ1v) is 6.53. The van der Waals surface area contributed by atoms with Gasteiger partial charge in [-0.15, -0.1) is 0 Å². The standard InChI is InChI=1S/C15H14ClFN2O/c16-12-7-4-8-13(15(12)17)18-10-14(20)19-9-11-5-2-1-3-6-11/h1-8,18H,9-10H2,(H,19,20). The van der Waals surface area contributed by atoms with Gasteiger partial charge in [-0.1, -0.05) is 48.0 Å². The lowest BCUT2D eigenvalue weighted by molar-refractivity contribution is -0.119. The minimum absolute atomic E-state index is 0.00983. The van der Waals surface area contributed by atoms with Gasteiger partial charge < -0.3 is 10.6 Å². The van der Waals surface area contributed by atoms with Gasteiger partial charge in [-0.3, -0.25) is 4.79 Å². The Morgan fingerprint density at radius 2 is 1.85 bits per heavy atom. The van der Waals surface area contributed by atoms with Crippen molar-refractivity contribution in [1.82, 2.24) is 5.32 Å². The minimum Gasteiger partial charge on any atom is -0.374 e. The summed E-state index contributed by atoms with van der Waals surface area (Å²) in [4.78, 5) is 11.7. The van der Waals surface area contributed by atoms with Crippen molar-refractivity contribution in [3.05, 3.63) is 64.9 Å². The Morgan fingerprint density at radius 1 is 1.10 bits per heavy atom. The minimum atomic E-state index is -0.551. The number of nitrogens with one attached hydrogen (secondary N) is 2. The maximum absolute atomic E-state index is 13.6. The van der Waals surface area contributed by atoms with E-state index in [4.69, 9.17) is 11.6 Å². The molecule has 0 spiro atoms. The molecule has 2 aromatic rings. The van der Waals surface area contributed by atoms with Crippen LogP contribution in [0.5, 0.6) is 0 Å². The summed E-state index contributed by atoms with van der Waals surface area (Å²) < 4.78 is 13.6. The van der Waals surface area contributed by atoms with Gasteiger partial charge in [0, 0.05) is 6.54 Å². The number of benzene rings is 2. The van der Waals surface area contributed by atoms with Crippen LogP contribution in [0.1, 0.15) is 5.56 Å². The van der Waals surface area contributed by atoms with Crippen LogP contribution in [0.25, 0.3) is 0 Å². The van der Waals surface area contributed by atoms with Gasteiger partial charge in [0.2, 0.25) is 5.91 Å². The highest BCUT2D eigenvalue weighted by molar-refractivity contribution is 6.31. The summed E-state index contributed by atoms with van der Waals surface area (Å²) in [6.45, 7) is 0.434. The molecule has 0 aliphatic carbocycles. The second-order valence-electron chi connectivity index (χ2n) is 4.22. The summed E-state index contributed by atoms with van der Waals surface area (Å²) in [5, 5.41) is 5.49. The maximum atomic E-state index is 13.6. The van der Waals surface area contributed by atoms with Crippen molar-refractivity contribution in [3.8, 4) is 0 Å². The van der Waals surface area contributed by atoms with Crippen LogP contribution in [0, 0.1) is 5.82 Å². The molecule has 104 valence electrons. The van der Waals surface area contributed by atoms with Crippen LogP contribution in [-0.2, 0) is 11.3 Å². The van der Waals surface area contributed by atoms with E-state index in [2.05, 4.69) is 10.6 Å². The molecule has 0 unspecified atom stereocenters. The van der Waals surface area contributed by atoms with Gasteiger partial charge in [-0.25, -0.2) is 4.39 Å². The van der Waals surface area contributed by atoms with E-state index < -0.39 is 5.82 Å². The molecule has 0 aliphatic heterocycles. The third-order valence-electron chi connectivity index (χ3n) is 2.72. The summed E-state index contributed by atoms with van der Waals surface area (Å²) in [5.41, 5.74) is 1.22. The fourth-order valence-electron chi connectivity index (χ4n) is 1.67. The van der Waals surface area contributed by atoms with E-state index in [1.165, 1.54) is 12.1 Å². The molecule has 0 fully saturated rings. The molecule has 0 aromatic heterocycles. The average molecular weight is 293 g/mol. The van der Waals surface area contributed by atoms with E-state index in [-0.39, 0.29) is 23.2 Å². The van der Waals surface area contributed by atoms with Gasteiger partial charge >= 0.3 is 0 Å². The van der Waals surface area contributed by atoms with Crippen molar-refractivity contribution in [2.75, 3.05) is 11.9 Å². The van der Waals surface area contributed by atoms with Crippen LogP contribution in [0.4, 0.5) is 10.1 Å². The Bertz CT molecular complexity index is 590. The van der Waals surface area contributed by atoms with Crippen LogP contribution in [-0.4, -0.2) is 12.5 Å². The van der Waals surface area contributed by atoms with Crippen molar-refractivity contribution in [2.45, 2.75) is 6.54 Å². The lowest BCUT2D eigenvalue weighted by atomic mass is 10.2. The molecule has 0 heterocycles. The van der Waals surface area contributed by atoms with Crippen LogP contribution in [0.2, 0.25) is 5.02 Å². The number of carbonyl (C=O) groups excluding carboxylic acids is 1. The molecule has 2 aromatic carbocycles. The molecule has 0 saturated heterocycles. The first kappa shape index (κ1) is 14.3. The van der Waals surface area contributed by atoms with Crippen molar-refractivity contribution in [3.63, 3.8) is 0 Å². The number of amides is 1. The summed E-state index contributed by atoms with van der Waals surface area (Å²) in [5.74, 6) is -0.766. The lowest BCUT2D eigenvalue weighted by Crippen LogP contribution is -2.29. The smallest absolute Gasteiger partial charge is 0.239 e. The molecule has 0 aliphatic rings. The van der Waals surface area contributed by atoms with E-state index in [0.717, 1.165) is 5.56 Å².